The fourth-order valence-corrected chi connectivity index (χ4v) is 3.83. The average Bonchev–Trinajstić information content (AvgIpc) is 2.73. The molecule has 2 aromatic rings. The van der Waals surface area contributed by atoms with Crippen LogP contribution in [-0.4, -0.2) is 43.6 Å². The summed E-state index contributed by atoms with van der Waals surface area (Å²) in [7, 11) is 0. The van der Waals surface area contributed by atoms with Gasteiger partial charge in [0.05, 0.1) is 23.8 Å². The predicted octanol–water partition coefficient (Wildman–Crippen LogP) is 2.77. The monoisotopic (exact) mass is 347 g/mol. The highest BCUT2D eigenvalue weighted by Crippen LogP contribution is 2.35. The van der Waals surface area contributed by atoms with Crippen molar-refractivity contribution in [3.63, 3.8) is 0 Å². The van der Waals surface area contributed by atoms with Crippen LogP contribution in [0.1, 0.15) is 23.5 Å². The van der Waals surface area contributed by atoms with Crippen molar-refractivity contribution in [3.05, 3.63) is 59.7 Å². The van der Waals surface area contributed by atoms with Gasteiger partial charge in [0, 0.05) is 31.7 Å². The highest BCUT2D eigenvalue weighted by molar-refractivity contribution is 5.85. The van der Waals surface area contributed by atoms with Gasteiger partial charge in [0.15, 0.2) is 0 Å². The van der Waals surface area contributed by atoms with E-state index in [0.717, 1.165) is 36.5 Å². The normalized spacial score (nSPS) is 19.3. The van der Waals surface area contributed by atoms with Crippen LogP contribution < -0.4 is 9.64 Å². The Bertz CT molecular complexity index is 850. The summed E-state index contributed by atoms with van der Waals surface area (Å²) in [6.07, 6.45) is 0.729. The Hall–Kier alpha value is -3.00. The predicted molar refractivity (Wildman–Crippen MR) is 99.2 cm³/mol. The van der Waals surface area contributed by atoms with Crippen LogP contribution in [0, 0.1) is 11.3 Å². The summed E-state index contributed by atoms with van der Waals surface area (Å²) >= 11 is 0. The second kappa shape index (κ2) is 7.09. The van der Waals surface area contributed by atoms with E-state index in [1.165, 1.54) is 0 Å². The van der Waals surface area contributed by atoms with Gasteiger partial charge in [-0.2, -0.15) is 5.26 Å². The Morgan fingerprint density at radius 2 is 1.77 bits per heavy atom. The van der Waals surface area contributed by atoms with Crippen LogP contribution in [-0.2, 0) is 4.79 Å². The van der Waals surface area contributed by atoms with Crippen LogP contribution in [0.5, 0.6) is 5.75 Å². The first-order valence-electron chi connectivity index (χ1n) is 9.02. The summed E-state index contributed by atoms with van der Waals surface area (Å²) in [5.74, 6) is 0.908. The second-order valence-electron chi connectivity index (χ2n) is 6.67. The third kappa shape index (κ3) is 2.99. The van der Waals surface area contributed by atoms with Crippen LogP contribution >= 0.6 is 0 Å². The fraction of sp³-hybridized carbons (Fsp3) is 0.333. The molecular formula is C21H21N3O2. The van der Waals surface area contributed by atoms with Crippen molar-refractivity contribution in [2.45, 2.75) is 12.3 Å². The number of anilines is 1. The standard InChI is InChI=1S/C21H21N3O2/c22-15-16-5-1-3-7-19(16)23-10-12-24(13-11-23)21(25)18-9-14-26-20-8-4-2-6-17(18)20/h1-8,18H,9-14H2. The van der Waals surface area contributed by atoms with Crippen LogP contribution in [0.3, 0.4) is 0 Å². The molecule has 1 fully saturated rings. The van der Waals surface area contributed by atoms with Crippen LogP contribution in [0.15, 0.2) is 48.5 Å². The van der Waals surface area contributed by atoms with Crippen molar-refractivity contribution >= 4 is 11.6 Å². The Kier molecular flexibility index (Phi) is 4.49. The van der Waals surface area contributed by atoms with E-state index in [1.807, 2.05) is 53.4 Å². The van der Waals surface area contributed by atoms with Crippen molar-refractivity contribution in [1.29, 1.82) is 5.26 Å². The minimum Gasteiger partial charge on any atom is -0.493 e. The number of nitriles is 1. The van der Waals surface area contributed by atoms with Gasteiger partial charge in [-0.1, -0.05) is 30.3 Å². The van der Waals surface area contributed by atoms with E-state index in [1.54, 1.807) is 0 Å². The summed E-state index contributed by atoms with van der Waals surface area (Å²) in [5.41, 5.74) is 2.64. The number of benzene rings is 2. The molecule has 5 nitrogen and oxygen atoms in total. The van der Waals surface area contributed by atoms with Gasteiger partial charge < -0.3 is 14.5 Å². The number of nitrogens with zero attached hydrogens (tertiary/aromatic N) is 3. The molecule has 2 aliphatic heterocycles. The van der Waals surface area contributed by atoms with E-state index in [0.29, 0.717) is 25.3 Å². The smallest absolute Gasteiger partial charge is 0.230 e. The number of hydrogen-bond acceptors (Lipinski definition) is 4. The van der Waals surface area contributed by atoms with Gasteiger partial charge in [0.25, 0.3) is 0 Å². The van der Waals surface area contributed by atoms with Gasteiger partial charge >= 0.3 is 0 Å². The minimum absolute atomic E-state index is 0.113. The van der Waals surface area contributed by atoms with Gasteiger partial charge in [-0.15, -0.1) is 0 Å². The first-order chi connectivity index (χ1) is 12.8. The molecule has 0 aromatic heterocycles. The maximum Gasteiger partial charge on any atom is 0.230 e. The van der Waals surface area contributed by atoms with Crippen molar-refractivity contribution in [3.8, 4) is 11.8 Å². The fourth-order valence-electron chi connectivity index (χ4n) is 3.83. The molecule has 0 bridgehead atoms. The lowest BCUT2D eigenvalue weighted by Gasteiger charge is -2.38. The number of carbonyl (C=O) groups excluding carboxylic acids is 1. The number of para-hydroxylation sites is 2. The third-order valence-corrected chi connectivity index (χ3v) is 5.21. The largest absolute Gasteiger partial charge is 0.493 e. The minimum atomic E-state index is -0.113. The number of piperazine rings is 1. The lowest BCUT2D eigenvalue weighted by atomic mass is 9.91. The van der Waals surface area contributed by atoms with Crippen molar-refractivity contribution in [2.75, 3.05) is 37.7 Å². The molecule has 2 heterocycles. The van der Waals surface area contributed by atoms with Crippen molar-refractivity contribution < 1.29 is 9.53 Å². The Balaban J connectivity index is 1.46. The zero-order valence-electron chi connectivity index (χ0n) is 14.6. The zero-order valence-corrected chi connectivity index (χ0v) is 14.6. The molecule has 5 heteroatoms. The molecule has 2 aliphatic rings. The number of ether oxygens (including phenoxy) is 1. The van der Waals surface area contributed by atoms with Crippen LogP contribution in [0.4, 0.5) is 5.69 Å². The molecule has 132 valence electrons. The second-order valence-corrected chi connectivity index (χ2v) is 6.67. The van der Waals surface area contributed by atoms with Gasteiger partial charge in [-0.25, -0.2) is 0 Å². The highest BCUT2D eigenvalue weighted by Gasteiger charge is 2.32. The first-order valence-corrected chi connectivity index (χ1v) is 9.02. The molecule has 1 saturated heterocycles. The molecular weight excluding hydrogens is 326 g/mol. The topological polar surface area (TPSA) is 56.6 Å². The van der Waals surface area contributed by atoms with E-state index >= 15 is 0 Å². The third-order valence-electron chi connectivity index (χ3n) is 5.21. The Morgan fingerprint density at radius 1 is 1.04 bits per heavy atom. The van der Waals surface area contributed by atoms with E-state index in [4.69, 9.17) is 4.74 Å². The molecule has 4 rings (SSSR count). The van der Waals surface area contributed by atoms with Gasteiger partial charge in [0.1, 0.15) is 11.8 Å². The van der Waals surface area contributed by atoms with Crippen LogP contribution in [0.2, 0.25) is 0 Å². The molecule has 1 unspecified atom stereocenters. The average molecular weight is 347 g/mol. The molecule has 0 radical (unpaired) electrons. The summed E-state index contributed by atoms with van der Waals surface area (Å²) in [5, 5.41) is 9.30. The molecule has 0 N–H and O–H groups in total. The Labute approximate surface area is 153 Å². The Morgan fingerprint density at radius 3 is 2.58 bits per heavy atom. The quantitative estimate of drug-likeness (QED) is 0.838. The first kappa shape index (κ1) is 16.5. The summed E-state index contributed by atoms with van der Waals surface area (Å²) in [6, 6.07) is 17.7. The lowest BCUT2D eigenvalue weighted by Crippen LogP contribution is -2.50. The number of amides is 1. The molecule has 26 heavy (non-hydrogen) atoms. The molecule has 0 spiro atoms. The maximum absolute atomic E-state index is 13.1. The highest BCUT2D eigenvalue weighted by atomic mass is 16.5. The summed E-state index contributed by atoms with van der Waals surface area (Å²) in [6.45, 7) is 3.43. The van der Waals surface area contributed by atoms with Gasteiger partial charge in [-0.05, 0) is 24.6 Å². The van der Waals surface area contributed by atoms with Gasteiger partial charge in [0.2, 0.25) is 5.91 Å². The lowest BCUT2D eigenvalue weighted by molar-refractivity contribution is -0.133. The summed E-state index contributed by atoms with van der Waals surface area (Å²) in [4.78, 5) is 17.2. The number of hydrogen-bond donors (Lipinski definition) is 0. The number of rotatable bonds is 2. The zero-order chi connectivity index (χ0) is 17.9. The molecule has 0 aliphatic carbocycles. The molecule has 1 atom stereocenters. The van der Waals surface area contributed by atoms with E-state index < -0.39 is 0 Å². The number of fused-ring (bicyclic) bond motifs is 1. The van der Waals surface area contributed by atoms with E-state index in [9.17, 15) is 10.1 Å². The molecule has 1 amide bonds. The van der Waals surface area contributed by atoms with E-state index in [2.05, 4.69) is 11.0 Å². The number of carbonyl (C=O) groups is 1. The maximum atomic E-state index is 13.1. The SMILES string of the molecule is N#Cc1ccccc1N1CCN(C(=O)C2CCOc3ccccc32)CC1. The molecule has 0 saturated carbocycles. The van der Waals surface area contributed by atoms with E-state index in [-0.39, 0.29) is 11.8 Å². The van der Waals surface area contributed by atoms with Crippen molar-refractivity contribution in [1.82, 2.24) is 4.90 Å². The van der Waals surface area contributed by atoms with Crippen LogP contribution in [0.25, 0.3) is 0 Å². The van der Waals surface area contributed by atoms with Gasteiger partial charge in [-0.3, -0.25) is 4.79 Å². The van der Waals surface area contributed by atoms with Crippen molar-refractivity contribution in [2.24, 2.45) is 0 Å². The summed E-state index contributed by atoms with van der Waals surface area (Å²) < 4.78 is 5.68. The molecule has 2 aromatic carbocycles.